The Morgan fingerprint density at radius 1 is 1.07 bits per heavy atom. The monoisotopic (exact) mass is 418 g/mol. The van der Waals surface area contributed by atoms with E-state index in [1.165, 1.54) is 13.2 Å². The van der Waals surface area contributed by atoms with Gasteiger partial charge in [-0.05, 0) is 41.3 Å². The molecule has 0 aliphatic rings. The number of nitrogens with zero attached hydrogens (tertiary/aromatic N) is 1. The summed E-state index contributed by atoms with van der Waals surface area (Å²) < 4.78 is 30.2. The Balaban J connectivity index is 2.21. The van der Waals surface area contributed by atoms with Gasteiger partial charge in [-0.25, -0.2) is 13.2 Å². The van der Waals surface area contributed by atoms with Crippen molar-refractivity contribution >= 4 is 33.3 Å². The van der Waals surface area contributed by atoms with Gasteiger partial charge in [0, 0.05) is 5.69 Å². The zero-order valence-corrected chi connectivity index (χ0v) is 18.0. The molecule has 0 fully saturated rings. The lowest BCUT2D eigenvalue weighted by atomic mass is 9.87. The number of hydrogen-bond acceptors (Lipinski definition) is 5. The van der Waals surface area contributed by atoms with E-state index in [1.54, 1.807) is 30.3 Å². The third kappa shape index (κ3) is 6.05. The van der Waals surface area contributed by atoms with Crippen LogP contribution in [0.15, 0.2) is 48.5 Å². The third-order valence-corrected chi connectivity index (χ3v) is 5.42. The van der Waals surface area contributed by atoms with Crippen molar-refractivity contribution in [2.24, 2.45) is 0 Å². The van der Waals surface area contributed by atoms with Gasteiger partial charge in [-0.3, -0.25) is 9.10 Å². The topological polar surface area (TPSA) is 92.8 Å². The number of hydrogen-bond donors (Lipinski definition) is 1. The Kier molecular flexibility index (Phi) is 6.69. The molecule has 0 aliphatic carbocycles. The fraction of sp³-hybridized carbons (Fsp3) is 0.333. The van der Waals surface area contributed by atoms with E-state index in [2.05, 4.69) is 30.8 Å². The van der Waals surface area contributed by atoms with Gasteiger partial charge in [0.05, 0.1) is 24.6 Å². The van der Waals surface area contributed by atoms with Gasteiger partial charge in [0.1, 0.15) is 6.54 Å². The van der Waals surface area contributed by atoms with Crippen LogP contribution >= 0.6 is 0 Å². The standard InChI is InChI=1S/C21H26N2O5S/c1-21(2,3)16-9-11-18(12-10-16)23(29(5,26)27)14-19(24)22-17-8-6-7-15(13-17)20(25)28-4/h6-13H,14H2,1-5H3,(H,22,24). The normalized spacial score (nSPS) is 11.6. The van der Waals surface area contributed by atoms with E-state index in [0.29, 0.717) is 11.4 Å². The van der Waals surface area contributed by atoms with Crippen LogP contribution in [-0.4, -0.2) is 40.2 Å². The van der Waals surface area contributed by atoms with Crippen molar-refractivity contribution < 1.29 is 22.7 Å². The summed E-state index contributed by atoms with van der Waals surface area (Å²) in [4.78, 5) is 24.1. The van der Waals surface area contributed by atoms with Gasteiger partial charge in [-0.2, -0.15) is 0 Å². The highest BCUT2D eigenvalue weighted by atomic mass is 32.2. The lowest BCUT2D eigenvalue weighted by molar-refractivity contribution is -0.114. The van der Waals surface area contributed by atoms with Gasteiger partial charge in [0.15, 0.2) is 0 Å². The molecular formula is C21H26N2O5S. The average molecular weight is 419 g/mol. The number of carbonyl (C=O) groups is 2. The van der Waals surface area contributed by atoms with Crippen molar-refractivity contribution in [1.29, 1.82) is 0 Å². The molecule has 29 heavy (non-hydrogen) atoms. The first kappa shape index (κ1) is 22.4. The molecule has 0 saturated heterocycles. The van der Waals surface area contributed by atoms with Gasteiger partial charge >= 0.3 is 5.97 Å². The summed E-state index contributed by atoms with van der Waals surface area (Å²) in [6.07, 6.45) is 1.05. The van der Waals surface area contributed by atoms with Crippen LogP contribution < -0.4 is 9.62 Å². The zero-order chi connectivity index (χ0) is 21.8. The van der Waals surface area contributed by atoms with Crippen LogP contribution in [0.25, 0.3) is 0 Å². The van der Waals surface area contributed by atoms with Crippen LogP contribution in [0.2, 0.25) is 0 Å². The quantitative estimate of drug-likeness (QED) is 0.728. The van der Waals surface area contributed by atoms with Gasteiger partial charge in [-0.15, -0.1) is 0 Å². The second kappa shape index (κ2) is 8.65. The maximum Gasteiger partial charge on any atom is 0.337 e. The lowest BCUT2D eigenvalue weighted by Crippen LogP contribution is -2.37. The minimum atomic E-state index is -3.68. The van der Waals surface area contributed by atoms with Crippen molar-refractivity contribution in [2.45, 2.75) is 26.2 Å². The number of carbonyl (C=O) groups excluding carboxylic acids is 2. The molecule has 0 atom stereocenters. The van der Waals surface area contributed by atoms with E-state index in [-0.39, 0.29) is 11.0 Å². The molecular weight excluding hydrogens is 392 g/mol. The largest absolute Gasteiger partial charge is 0.465 e. The molecule has 0 radical (unpaired) electrons. The van der Waals surface area contributed by atoms with Gasteiger partial charge in [0.25, 0.3) is 0 Å². The van der Waals surface area contributed by atoms with E-state index in [4.69, 9.17) is 0 Å². The Hall–Kier alpha value is -2.87. The second-order valence-electron chi connectivity index (χ2n) is 7.69. The molecule has 2 rings (SSSR count). The predicted molar refractivity (Wildman–Crippen MR) is 114 cm³/mol. The van der Waals surface area contributed by atoms with Crippen LogP contribution in [0.1, 0.15) is 36.7 Å². The summed E-state index contributed by atoms with van der Waals surface area (Å²) in [5, 5.41) is 2.62. The number of benzene rings is 2. The number of sulfonamides is 1. The Morgan fingerprint density at radius 3 is 2.21 bits per heavy atom. The number of nitrogens with one attached hydrogen (secondary N) is 1. The van der Waals surface area contributed by atoms with E-state index in [1.807, 2.05) is 12.1 Å². The molecule has 2 aromatic carbocycles. The second-order valence-corrected chi connectivity index (χ2v) is 9.59. The maximum atomic E-state index is 12.5. The van der Waals surface area contributed by atoms with Crippen molar-refractivity contribution in [3.8, 4) is 0 Å². The van der Waals surface area contributed by atoms with Crippen molar-refractivity contribution in [1.82, 2.24) is 0 Å². The Bertz CT molecular complexity index is 992. The SMILES string of the molecule is COC(=O)c1cccc(NC(=O)CN(c2ccc(C(C)(C)C)cc2)S(C)(=O)=O)c1. The summed E-state index contributed by atoms with van der Waals surface area (Å²) >= 11 is 0. The van der Waals surface area contributed by atoms with Gasteiger partial charge < -0.3 is 10.1 Å². The molecule has 0 saturated carbocycles. The highest BCUT2D eigenvalue weighted by molar-refractivity contribution is 7.92. The highest BCUT2D eigenvalue weighted by Gasteiger charge is 2.22. The highest BCUT2D eigenvalue weighted by Crippen LogP contribution is 2.26. The Labute approximate surface area is 171 Å². The first-order valence-corrected chi connectivity index (χ1v) is 10.8. The molecule has 8 heteroatoms. The van der Waals surface area contributed by atoms with Crippen molar-refractivity contribution in [2.75, 3.05) is 29.5 Å². The number of rotatable bonds is 6. The number of anilines is 2. The molecule has 1 N–H and O–H groups in total. The third-order valence-electron chi connectivity index (χ3n) is 4.28. The van der Waals surface area contributed by atoms with Crippen LogP contribution in [0.3, 0.4) is 0 Å². The van der Waals surface area contributed by atoms with E-state index < -0.39 is 28.4 Å². The summed E-state index contributed by atoms with van der Waals surface area (Å²) in [7, 11) is -2.41. The molecule has 0 bridgehead atoms. The maximum absolute atomic E-state index is 12.5. The molecule has 0 aromatic heterocycles. The molecule has 7 nitrogen and oxygen atoms in total. The van der Waals surface area contributed by atoms with Crippen LogP contribution in [-0.2, 0) is 25.0 Å². The minimum Gasteiger partial charge on any atom is -0.465 e. The smallest absolute Gasteiger partial charge is 0.337 e. The van der Waals surface area contributed by atoms with Crippen molar-refractivity contribution in [3.05, 3.63) is 59.7 Å². The summed E-state index contributed by atoms with van der Waals surface area (Å²) in [6, 6.07) is 13.3. The summed E-state index contributed by atoms with van der Waals surface area (Å²) in [6.45, 7) is 5.79. The predicted octanol–water partition coefficient (Wildman–Crippen LogP) is 3.18. The molecule has 2 aromatic rings. The van der Waals surface area contributed by atoms with Crippen LogP contribution in [0.4, 0.5) is 11.4 Å². The van der Waals surface area contributed by atoms with Crippen LogP contribution in [0.5, 0.6) is 0 Å². The van der Waals surface area contributed by atoms with E-state index in [9.17, 15) is 18.0 Å². The molecule has 0 heterocycles. The summed E-state index contributed by atoms with van der Waals surface area (Å²) in [5.41, 5.74) is 2.03. The number of methoxy groups -OCH3 is 1. The number of ether oxygens (including phenoxy) is 1. The first-order valence-electron chi connectivity index (χ1n) is 8.98. The van der Waals surface area contributed by atoms with Gasteiger partial charge in [0.2, 0.25) is 15.9 Å². The zero-order valence-electron chi connectivity index (χ0n) is 17.2. The van der Waals surface area contributed by atoms with Crippen molar-refractivity contribution in [3.63, 3.8) is 0 Å². The van der Waals surface area contributed by atoms with Crippen LogP contribution in [0, 0.1) is 0 Å². The van der Waals surface area contributed by atoms with E-state index >= 15 is 0 Å². The molecule has 156 valence electrons. The summed E-state index contributed by atoms with van der Waals surface area (Å²) in [5.74, 6) is -1.06. The minimum absolute atomic E-state index is 0.0729. The molecule has 0 aliphatic heterocycles. The fourth-order valence-electron chi connectivity index (χ4n) is 2.70. The average Bonchev–Trinajstić information content (AvgIpc) is 2.64. The Morgan fingerprint density at radius 2 is 1.69 bits per heavy atom. The molecule has 0 unspecified atom stereocenters. The number of amides is 1. The lowest BCUT2D eigenvalue weighted by Gasteiger charge is -2.24. The molecule has 0 spiro atoms. The first-order chi connectivity index (χ1) is 13.4. The fourth-order valence-corrected chi connectivity index (χ4v) is 3.56. The number of esters is 1. The molecule has 1 amide bonds. The van der Waals surface area contributed by atoms with E-state index in [0.717, 1.165) is 16.1 Å². The van der Waals surface area contributed by atoms with Gasteiger partial charge in [-0.1, -0.05) is 39.0 Å².